The van der Waals surface area contributed by atoms with Gasteiger partial charge in [0, 0.05) is 36.7 Å². The number of nitrogens with one attached hydrogen (secondary N) is 1. The van der Waals surface area contributed by atoms with Gasteiger partial charge >= 0.3 is 0 Å². The van der Waals surface area contributed by atoms with Crippen molar-refractivity contribution in [3.8, 4) is 5.75 Å². The molecular formula is C24H23N3O3. The van der Waals surface area contributed by atoms with E-state index in [1.807, 2.05) is 42.5 Å². The van der Waals surface area contributed by atoms with E-state index in [9.17, 15) is 9.59 Å². The third-order valence-electron chi connectivity index (χ3n) is 5.22. The number of hydrogen-bond acceptors (Lipinski definition) is 4. The highest BCUT2D eigenvalue weighted by molar-refractivity contribution is 6.07. The van der Waals surface area contributed by atoms with Gasteiger partial charge in [0.05, 0.1) is 12.7 Å². The van der Waals surface area contributed by atoms with Gasteiger partial charge in [-0.3, -0.25) is 14.6 Å². The van der Waals surface area contributed by atoms with Gasteiger partial charge in [-0.1, -0.05) is 18.2 Å². The molecule has 0 fully saturated rings. The fourth-order valence-corrected chi connectivity index (χ4v) is 3.59. The highest BCUT2D eigenvalue weighted by Crippen LogP contribution is 2.32. The lowest BCUT2D eigenvalue weighted by atomic mass is 10.1. The molecule has 2 amide bonds. The molecule has 30 heavy (non-hydrogen) atoms. The van der Waals surface area contributed by atoms with Gasteiger partial charge in [0.2, 0.25) is 5.91 Å². The minimum Gasteiger partial charge on any atom is -0.497 e. The first-order valence-corrected chi connectivity index (χ1v) is 9.91. The Labute approximate surface area is 175 Å². The molecule has 1 aliphatic rings. The van der Waals surface area contributed by atoms with Crippen LogP contribution in [-0.4, -0.2) is 30.5 Å². The zero-order valence-electron chi connectivity index (χ0n) is 16.8. The summed E-state index contributed by atoms with van der Waals surface area (Å²) in [7, 11) is 1.63. The summed E-state index contributed by atoms with van der Waals surface area (Å²) in [5, 5.41) is 2.95. The molecule has 0 saturated heterocycles. The fraction of sp³-hybridized carbons (Fsp3) is 0.208. The molecule has 2 aromatic carbocycles. The van der Waals surface area contributed by atoms with Crippen molar-refractivity contribution in [2.75, 3.05) is 23.9 Å². The summed E-state index contributed by atoms with van der Waals surface area (Å²) in [4.78, 5) is 31.0. The SMILES string of the molecule is COc1ccc(CCC(=O)Nc2ccc3c(c2)N(C(=O)c2cccnc2)CC3)cc1. The Hall–Kier alpha value is -3.67. The van der Waals surface area contributed by atoms with E-state index in [1.54, 1.807) is 36.5 Å². The maximum Gasteiger partial charge on any atom is 0.259 e. The number of hydrogen-bond donors (Lipinski definition) is 1. The van der Waals surface area contributed by atoms with E-state index in [-0.39, 0.29) is 11.8 Å². The van der Waals surface area contributed by atoms with E-state index >= 15 is 0 Å². The van der Waals surface area contributed by atoms with Crippen LogP contribution in [0.4, 0.5) is 11.4 Å². The van der Waals surface area contributed by atoms with Gasteiger partial charge in [-0.2, -0.15) is 0 Å². The van der Waals surface area contributed by atoms with Crippen molar-refractivity contribution in [3.05, 3.63) is 83.7 Å². The molecule has 6 heteroatoms. The molecule has 0 atom stereocenters. The lowest BCUT2D eigenvalue weighted by molar-refractivity contribution is -0.116. The summed E-state index contributed by atoms with van der Waals surface area (Å²) in [5.41, 5.74) is 4.27. The highest BCUT2D eigenvalue weighted by atomic mass is 16.5. The number of methoxy groups -OCH3 is 1. The van der Waals surface area contributed by atoms with Gasteiger partial charge < -0.3 is 15.0 Å². The Morgan fingerprint density at radius 1 is 1.13 bits per heavy atom. The Balaban J connectivity index is 1.41. The third-order valence-corrected chi connectivity index (χ3v) is 5.22. The largest absolute Gasteiger partial charge is 0.497 e. The van der Waals surface area contributed by atoms with E-state index < -0.39 is 0 Å². The number of nitrogens with zero attached hydrogens (tertiary/aromatic N) is 2. The number of carbonyl (C=O) groups is 2. The van der Waals surface area contributed by atoms with E-state index in [2.05, 4.69) is 10.3 Å². The van der Waals surface area contributed by atoms with Crippen molar-refractivity contribution in [2.24, 2.45) is 0 Å². The summed E-state index contributed by atoms with van der Waals surface area (Å²) in [6.45, 7) is 0.623. The summed E-state index contributed by atoms with van der Waals surface area (Å²) in [6.07, 6.45) is 5.04. The first-order valence-electron chi connectivity index (χ1n) is 9.91. The van der Waals surface area contributed by atoms with Crippen molar-refractivity contribution in [2.45, 2.75) is 19.3 Å². The summed E-state index contributed by atoms with van der Waals surface area (Å²) < 4.78 is 5.15. The number of aromatic nitrogens is 1. The second kappa shape index (κ2) is 8.78. The summed E-state index contributed by atoms with van der Waals surface area (Å²) in [5.74, 6) is 0.658. The molecule has 1 aromatic heterocycles. The van der Waals surface area contributed by atoms with E-state index in [0.29, 0.717) is 30.6 Å². The summed E-state index contributed by atoms with van der Waals surface area (Å²) in [6, 6.07) is 17.0. The number of anilines is 2. The van der Waals surface area contributed by atoms with Crippen LogP contribution in [0.5, 0.6) is 5.75 Å². The molecule has 3 aromatic rings. The first-order chi connectivity index (χ1) is 14.6. The number of benzene rings is 2. The number of rotatable bonds is 6. The average molecular weight is 401 g/mol. The predicted octanol–water partition coefficient (Wildman–Crippen LogP) is 3.86. The van der Waals surface area contributed by atoms with Crippen LogP contribution in [0, 0.1) is 0 Å². The number of ether oxygens (including phenoxy) is 1. The Morgan fingerprint density at radius 3 is 2.70 bits per heavy atom. The van der Waals surface area contributed by atoms with Crippen LogP contribution in [-0.2, 0) is 17.6 Å². The van der Waals surface area contributed by atoms with Crippen molar-refractivity contribution < 1.29 is 14.3 Å². The van der Waals surface area contributed by atoms with E-state index in [0.717, 1.165) is 29.0 Å². The Morgan fingerprint density at radius 2 is 1.97 bits per heavy atom. The quantitative estimate of drug-likeness (QED) is 0.681. The van der Waals surface area contributed by atoms with Gasteiger partial charge in [-0.05, 0) is 60.4 Å². The molecule has 0 radical (unpaired) electrons. The maximum absolute atomic E-state index is 12.8. The number of aryl methyl sites for hydroxylation is 1. The molecule has 0 aliphatic carbocycles. The lowest BCUT2D eigenvalue weighted by Gasteiger charge is -2.18. The second-order valence-electron chi connectivity index (χ2n) is 7.19. The van der Waals surface area contributed by atoms with Crippen molar-refractivity contribution >= 4 is 23.2 Å². The predicted molar refractivity (Wildman–Crippen MR) is 116 cm³/mol. The molecule has 0 bridgehead atoms. The molecule has 1 N–H and O–H groups in total. The lowest BCUT2D eigenvalue weighted by Crippen LogP contribution is -2.29. The summed E-state index contributed by atoms with van der Waals surface area (Å²) >= 11 is 0. The van der Waals surface area contributed by atoms with Crippen LogP contribution in [0.25, 0.3) is 0 Å². The number of pyridine rings is 1. The minimum atomic E-state index is -0.0789. The Kier molecular flexibility index (Phi) is 5.75. The third kappa shape index (κ3) is 4.33. The van der Waals surface area contributed by atoms with Gasteiger partial charge in [0.15, 0.2) is 0 Å². The smallest absolute Gasteiger partial charge is 0.259 e. The number of fused-ring (bicyclic) bond motifs is 1. The number of amides is 2. The monoisotopic (exact) mass is 401 g/mol. The van der Waals surface area contributed by atoms with Crippen molar-refractivity contribution in [3.63, 3.8) is 0 Å². The van der Waals surface area contributed by atoms with Crippen LogP contribution in [0.1, 0.15) is 27.9 Å². The van der Waals surface area contributed by atoms with E-state index in [1.165, 1.54) is 0 Å². The van der Waals surface area contributed by atoms with Crippen LogP contribution in [0.15, 0.2) is 67.0 Å². The van der Waals surface area contributed by atoms with Crippen LogP contribution < -0.4 is 15.0 Å². The molecule has 6 nitrogen and oxygen atoms in total. The molecule has 0 spiro atoms. The molecule has 2 heterocycles. The van der Waals surface area contributed by atoms with E-state index in [4.69, 9.17) is 4.74 Å². The van der Waals surface area contributed by atoms with Gasteiger partial charge in [0.25, 0.3) is 5.91 Å². The molecule has 1 aliphatic heterocycles. The van der Waals surface area contributed by atoms with Gasteiger partial charge in [-0.15, -0.1) is 0 Å². The molecular weight excluding hydrogens is 378 g/mol. The average Bonchev–Trinajstić information content (AvgIpc) is 3.21. The molecule has 152 valence electrons. The minimum absolute atomic E-state index is 0.0612. The highest BCUT2D eigenvalue weighted by Gasteiger charge is 2.26. The fourth-order valence-electron chi connectivity index (χ4n) is 3.59. The first kappa shape index (κ1) is 19.6. The number of carbonyl (C=O) groups excluding carboxylic acids is 2. The topological polar surface area (TPSA) is 71.5 Å². The van der Waals surface area contributed by atoms with Crippen LogP contribution in [0.2, 0.25) is 0 Å². The van der Waals surface area contributed by atoms with Crippen LogP contribution in [0.3, 0.4) is 0 Å². The standard InChI is InChI=1S/C24H23N3O3/c1-30-21-9-4-17(5-10-21)6-11-23(28)26-20-8-7-18-12-14-27(22(18)15-20)24(29)19-3-2-13-25-16-19/h2-5,7-10,13,15-16H,6,11-12,14H2,1H3,(H,26,28). The Bertz CT molecular complexity index is 1050. The molecule has 4 rings (SSSR count). The normalized spacial score (nSPS) is 12.4. The maximum atomic E-state index is 12.8. The molecule has 0 unspecified atom stereocenters. The van der Waals surface area contributed by atoms with Crippen molar-refractivity contribution in [1.29, 1.82) is 0 Å². The van der Waals surface area contributed by atoms with Crippen molar-refractivity contribution in [1.82, 2.24) is 4.98 Å². The molecule has 0 saturated carbocycles. The second-order valence-corrected chi connectivity index (χ2v) is 7.19. The van der Waals surface area contributed by atoms with Gasteiger partial charge in [-0.25, -0.2) is 0 Å². The van der Waals surface area contributed by atoms with Gasteiger partial charge in [0.1, 0.15) is 5.75 Å². The zero-order chi connectivity index (χ0) is 20.9. The zero-order valence-corrected chi connectivity index (χ0v) is 16.8. The van der Waals surface area contributed by atoms with Crippen LogP contribution >= 0.6 is 0 Å².